The minimum Gasteiger partial charge on any atom is -0.388 e. The van der Waals surface area contributed by atoms with Crippen LogP contribution >= 0.6 is 0 Å². The van der Waals surface area contributed by atoms with Crippen LogP contribution in [-0.2, 0) is 0 Å². The second kappa shape index (κ2) is 5.78. The molecular weight excluding hydrogens is 290 g/mol. The average Bonchev–Trinajstić information content (AvgIpc) is 2.76. The maximum atomic E-state index is 12.5. The smallest absolute Gasteiger partial charge is 0.255 e. The van der Waals surface area contributed by atoms with E-state index in [4.69, 9.17) is 0 Å². The molecule has 1 N–H and O–H groups in total. The van der Waals surface area contributed by atoms with Crippen LogP contribution in [0.5, 0.6) is 0 Å². The zero-order chi connectivity index (χ0) is 16.7. The van der Waals surface area contributed by atoms with E-state index in [-0.39, 0.29) is 11.3 Å². The number of anilines is 1. The molecule has 0 unspecified atom stereocenters. The molecule has 0 spiro atoms. The van der Waals surface area contributed by atoms with E-state index in [1.165, 1.54) is 6.42 Å². The minimum atomic E-state index is -0.739. The number of carbonyl (C=O) groups is 1. The number of nitrogens with zero attached hydrogens (tertiary/aromatic N) is 3. The van der Waals surface area contributed by atoms with Crippen molar-refractivity contribution >= 4 is 11.7 Å². The maximum Gasteiger partial charge on any atom is 0.255 e. The van der Waals surface area contributed by atoms with Gasteiger partial charge in [-0.15, -0.1) is 0 Å². The van der Waals surface area contributed by atoms with E-state index in [1.807, 2.05) is 24.0 Å². The molecule has 0 saturated carbocycles. The van der Waals surface area contributed by atoms with Crippen LogP contribution in [0.25, 0.3) is 0 Å². The molecule has 2 aliphatic rings. The molecule has 0 aliphatic carbocycles. The van der Waals surface area contributed by atoms with Crippen LogP contribution in [0.3, 0.4) is 0 Å². The van der Waals surface area contributed by atoms with Gasteiger partial charge in [0.05, 0.1) is 11.2 Å². The lowest BCUT2D eigenvalue weighted by Gasteiger charge is -2.30. The van der Waals surface area contributed by atoms with Gasteiger partial charge < -0.3 is 14.9 Å². The summed E-state index contributed by atoms with van der Waals surface area (Å²) in [5, 5.41) is 10.5. The molecule has 5 heteroatoms. The monoisotopic (exact) mass is 317 g/mol. The molecule has 0 radical (unpaired) electrons. The van der Waals surface area contributed by atoms with Crippen molar-refractivity contribution in [3.63, 3.8) is 0 Å². The van der Waals surface area contributed by atoms with E-state index < -0.39 is 5.60 Å². The largest absolute Gasteiger partial charge is 0.388 e. The highest BCUT2D eigenvalue weighted by molar-refractivity contribution is 5.94. The number of aromatic nitrogens is 1. The normalized spacial score (nSPS) is 27.3. The fourth-order valence-corrected chi connectivity index (χ4v) is 3.43. The van der Waals surface area contributed by atoms with E-state index in [1.54, 1.807) is 6.20 Å². The van der Waals surface area contributed by atoms with Crippen molar-refractivity contribution in [1.29, 1.82) is 0 Å². The molecule has 0 bridgehead atoms. The molecule has 126 valence electrons. The van der Waals surface area contributed by atoms with Gasteiger partial charge in [-0.3, -0.25) is 4.79 Å². The van der Waals surface area contributed by atoms with Crippen LogP contribution in [0.15, 0.2) is 18.3 Å². The molecule has 1 aromatic rings. The lowest BCUT2D eigenvalue weighted by molar-refractivity contribution is -0.00891. The lowest BCUT2D eigenvalue weighted by atomic mass is 9.79. The van der Waals surface area contributed by atoms with Gasteiger partial charge in [0.1, 0.15) is 5.82 Å². The standard InChI is InChI=1S/C18H27N3O2/c1-17(2)12-21(13-18(17,3)23)15-8-7-14(11-19-15)16(22)20-9-5-4-6-10-20/h7-8,11,23H,4-6,9-10,12-13H2,1-3H3/t18-/m1/s1. The Morgan fingerprint density at radius 1 is 1.13 bits per heavy atom. The number of rotatable bonds is 2. The molecule has 1 atom stereocenters. The molecule has 3 heterocycles. The highest BCUT2D eigenvalue weighted by Gasteiger charge is 2.48. The zero-order valence-electron chi connectivity index (χ0n) is 14.4. The summed E-state index contributed by atoms with van der Waals surface area (Å²) in [5.41, 5.74) is -0.269. The Labute approximate surface area is 138 Å². The SMILES string of the molecule is CC1(C)CN(c2ccc(C(=O)N3CCCCC3)cn2)C[C@@]1(C)O. The van der Waals surface area contributed by atoms with Crippen molar-refractivity contribution in [2.24, 2.45) is 5.41 Å². The topological polar surface area (TPSA) is 56.7 Å². The Kier molecular flexibility index (Phi) is 4.08. The number of pyridine rings is 1. The predicted octanol–water partition coefficient (Wildman–Crippen LogP) is 2.30. The molecule has 2 fully saturated rings. The van der Waals surface area contributed by atoms with Crippen molar-refractivity contribution in [3.05, 3.63) is 23.9 Å². The zero-order valence-corrected chi connectivity index (χ0v) is 14.4. The third-order valence-electron chi connectivity index (χ3n) is 5.50. The highest BCUT2D eigenvalue weighted by Crippen LogP contribution is 2.39. The average molecular weight is 317 g/mol. The number of likely N-dealkylation sites (tertiary alicyclic amines) is 1. The van der Waals surface area contributed by atoms with Crippen LogP contribution in [0.1, 0.15) is 50.4 Å². The van der Waals surface area contributed by atoms with Crippen molar-refractivity contribution in [3.8, 4) is 0 Å². The van der Waals surface area contributed by atoms with Crippen LogP contribution in [0.4, 0.5) is 5.82 Å². The van der Waals surface area contributed by atoms with Crippen molar-refractivity contribution in [2.75, 3.05) is 31.1 Å². The molecule has 0 aromatic carbocycles. The Morgan fingerprint density at radius 2 is 1.83 bits per heavy atom. The first-order chi connectivity index (χ1) is 10.8. The first kappa shape index (κ1) is 16.2. The summed E-state index contributed by atoms with van der Waals surface area (Å²) in [5.74, 6) is 0.906. The number of carbonyl (C=O) groups excluding carboxylic acids is 1. The van der Waals surface area contributed by atoms with E-state index in [2.05, 4.69) is 23.7 Å². The van der Waals surface area contributed by atoms with Crippen molar-refractivity contribution < 1.29 is 9.90 Å². The van der Waals surface area contributed by atoms with Crippen LogP contribution in [0, 0.1) is 5.41 Å². The summed E-state index contributed by atoms with van der Waals surface area (Å²) in [6.07, 6.45) is 5.07. The van der Waals surface area contributed by atoms with Crippen molar-refractivity contribution in [2.45, 2.75) is 45.6 Å². The Morgan fingerprint density at radius 3 is 2.35 bits per heavy atom. The minimum absolute atomic E-state index is 0.0810. The predicted molar refractivity (Wildman–Crippen MR) is 90.6 cm³/mol. The third-order valence-corrected chi connectivity index (χ3v) is 5.50. The van der Waals surface area contributed by atoms with E-state index in [0.717, 1.165) is 38.3 Å². The quantitative estimate of drug-likeness (QED) is 0.909. The van der Waals surface area contributed by atoms with Gasteiger partial charge in [0.25, 0.3) is 5.91 Å². The molecule has 2 aliphatic heterocycles. The van der Waals surface area contributed by atoms with Gasteiger partial charge in [-0.2, -0.15) is 0 Å². The van der Waals surface area contributed by atoms with Gasteiger partial charge in [-0.25, -0.2) is 4.98 Å². The summed E-state index contributed by atoms with van der Waals surface area (Å²) in [4.78, 5) is 21.0. The molecule has 23 heavy (non-hydrogen) atoms. The Balaban J connectivity index is 1.71. The molecular formula is C18H27N3O2. The van der Waals surface area contributed by atoms with Crippen molar-refractivity contribution in [1.82, 2.24) is 9.88 Å². The first-order valence-electron chi connectivity index (χ1n) is 8.53. The third kappa shape index (κ3) is 3.07. The summed E-state index contributed by atoms with van der Waals surface area (Å²) < 4.78 is 0. The van der Waals surface area contributed by atoms with Crippen LogP contribution in [-0.4, -0.2) is 52.7 Å². The second-order valence-electron chi connectivity index (χ2n) is 7.77. The number of piperidine rings is 1. The van der Waals surface area contributed by atoms with E-state index in [0.29, 0.717) is 12.1 Å². The second-order valence-corrected chi connectivity index (χ2v) is 7.77. The summed E-state index contributed by atoms with van der Waals surface area (Å²) in [6, 6.07) is 3.76. The number of hydrogen-bond donors (Lipinski definition) is 1. The van der Waals surface area contributed by atoms with Gasteiger partial charge >= 0.3 is 0 Å². The summed E-state index contributed by atoms with van der Waals surface area (Å²) in [7, 11) is 0. The molecule has 3 rings (SSSR count). The number of hydrogen-bond acceptors (Lipinski definition) is 4. The summed E-state index contributed by atoms with van der Waals surface area (Å²) >= 11 is 0. The molecule has 1 amide bonds. The first-order valence-corrected chi connectivity index (χ1v) is 8.53. The van der Waals surface area contributed by atoms with Gasteiger partial charge in [0, 0.05) is 37.8 Å². The molecule has 1 aromatic heterocycles. The molecule has 5 nitrogen and oxygen atoms in total. The summed E-state index contributed by atoms with van der Waals surface area (Å²) in [6.45, 7) is 9.04. The van der Waals surface area contributed by atoms with E-state index >= 15 is 0 Å². The van der Waals surface area contributed by atoms with Crippen LogP contribution < -0.4 is 4.90 Å². The fourth-order valence-electron chi connectivity index (χ4n) is 3.43. The van der Waals surface area contributed by atoms with Gasteiger partial charge in [0.2, 0.25) is 0 Å². The van der Waals surface area contributed by atoms with Crippen LogP contribution in [0.2, 0.25) is 0 Å². The fraction of sp³-hybridized carbons (Fsp3) is 0.667. The Bertz CT molecular complexity index is 558. The number of aliphatic hydroxyl groups is 1. The maximum absolute atomic E-state index is 12.5. The van der Waals surface area contributed by atoms with Gasteiger partial charge in [-0.1, -0.05) is 13.8 Å². The molecule has 2 saturated heterocycles. The number of β-amino-alcohol motifs (C(OH)–C–C–N with tert-alkyl or cyclic N) is 1. The lowest BCUT2D eigenvalue weighted by Crippen LogP contribution is -2.40. The number of amides is 1. The van der Waals surface area contributed by atoms with E-state index in [9.17, 15) is 9.90 Å². The Hall–Kier alpha value is -1.62. The van der Waals surface area contributed by atoms with Gasteiger partial charge in [0.15, 0.2) is 0 Å². The highest BCUT2D eigenvalue weighted by atomic mass is 16.3. The van der Waals surface area contributed by atoms with Gasteiger partial charge in [-0.05, 0) is 38.3 Å².